The number of carbonyl (C=O) groups excluding carboxylic acids is 2. The molecular formula is C21H29O9P. The number of hydrogen-bond donors (Lipinski definition) is 1. The topological polar surface area (TPSA) is 118 Å². The van der Waals surface area contributed by atoms with Gasteiger partial charge in [0.25, 0.3) is 0 Å². The molecule has 0 saturated heterocycles. The first-order valence-electron chi connectivity index (χ1n) is 9.76. The van der Waals surface area contributed by atoms with Crippen LogP contribution < -0.4 is 4.74 Å². The summed E-state index contributed by atoms with van der Waals surface area (Å²) in [6, 6.07) is 0. The van der Waals surface area contributed by atoms with Crippen LogP contribution in [0.3, 0.4) is 0 Å². The molecule has 0 saturated carbocycles. The summed E-state index contributed by atoms with van der Waals surface area (Å²) in [7, 11) is 0.179. The maximum atomic E-state index is 12.9. The zero-order valence-corrected chi connectivity index (χ0v) is 19.5. The SMILES string of the molecule is CCOC(=O)C(C/C(C)=C/Cc1c(O)c2c(c(C)c1OC)COC2=O)P(=O)(OC)OC. The molecule has 1 aliphatic rings. The molecule has 0 amide bonds. The van der Waals surface area contributed by atoms with Crippen molar-refractivity contribution in [1.29, 1.82) is 0 Å². The van der Waals surface area contributed by atoms with E-state index in [-0.39, 0.29) is 37.4 Å². The number of hydrogen-bond acceptors (Lipinski definition) is 9. The van der Waals surface area contributed by atoms with Crippen molar-refractivity contribution in [3.05, 3.63) is 33.9 Å². The minimum Gasteiger partial charge on any atom is -0.507 e. The van der Waals surface area contributed by atoms with Crippen molar-refractivity contribution in [2.24, 2.45) is 0 Å². The third-order valence-electron chi connectivity index (χ3n) is 5.27. The van der Waals surface area contributed by atoms with Crippen LogP contribution in [0.5, 0.6) is 11.5 Å². The number of ether oxygens (including phenoxy) is 3. The second kappa shape index (κ2) is 10.3. The molecule has 0 fully saturated rings. The molecule has 1 aromatic carbocycles. The van der Waals surface area contributed by atoms with Crippen molar-refractivity contribution in [2.45, 2.75) is 45.9 Å². The lowest BCUT2D eigenvalue weighted by Crippen LogP contribution is -2.25. The molecule has 31 heavy (non-hydrogen) atoms. The van der Waals surface area contributed by atoms with Gasteiger partial charge in [-0.25, -0.2) is 4.79 Å². The van der Waals surface area contributed by atoms with E-state index < -0.39 is 25.2 Å². The third-order valence-corrected chi connectivity index (χ3v) is 7.44. The first-order valence-corrected chi connectivity index (χ1v) is 11.4. The molecule has 0 radical (unpaired) electrons. The summed E-state index contributed by atoms with van der Waals surface area (Å²) in [6.07, 6.45) is 2.03. The Bertz CT molecular complexity index is 928. The van der Waals surface area contributed by atoms with Crippen LogP contribution >= 0.6 is 7.60 Å². The highest BCUT2D eigenvalue weighted by Gasteiger charge is 2.41. The van der Waals surface area contributed by atoms with Gasteiger partial charge in [-0.15, -0.1) is 0 Å². The van der Waals surface area contributed by atoms with E-state index in [1.165, 1.54) is 21.3 Å². The molecule has 1 aliphatic heterocycles. The number of fused-ring (bicyclic) bond motifs is 1. The minimum atomic E-state index is -3.73. The standard InChI is InChI=1S/C21H29O9P/c1-7-29-20(23)16(31(25,27-5)28-6)10-12(2)8-9-14-18(22)17-15(11-30-21(17)24)13(3)19(14)26-4/h8,16,22H,7,9-11H2,1-6H3/b12-8+. The number of methoxy groups -OCH3 is 1. The van der Waals surface area contributed by atoms with Crippen molar-refractivity contribution in [3.8, 4) is 11.5 Å². The van der Waals surface area contributed by atoms with E-state index in [9.17, 15) is 19.3 Å². The summed E-state index contributed by atoms with van der Waals surface area (Å²) in [5.74, 6) is -0.993. The zero-order valence-electron chi connectivity index (χ0n) is 18.6. The zero-order chi connectivity index (χ0) is 23.3. The first-order chi connectivity index (χ1) is 14.6. The molecular weight excluding hydrogens is 427 g/mol. The number of aromatic hydroxyl groups is 1. The molecule has 0 spiro atoms. The Hall–Kier alpha value is -2.35. The number of phenols is 1. The molecule has 2 rings (SSSR count). The van der Waals surface area contributed by atoms with E-state index in [4.69, 9.17) is 23.3 Å². The van der Waals surface area contributed by atoms with Crippen LogP contribution in [0.15, 0.2) is 11.6 Å². The van der Waals surface area contributed by atoms with Crippen LogP contribution in [-0.2, 0) is 40.9 Å². The number of esters is 2. The van der Waals surface area contributed by atoms with Crippen LogP contribution in [0, 0.1) is 6.92 Å². The van der Waals surface area contributed by atoms with E-state index in [1.807, 2.05) is 0 Å². The van der Waals surface area contributed by atoms with Gasteiger partial charge in [-0.2, -0.15) is 0 Å². The van der Waals surface area contributed by atoms with Crippen LogP contribution in [-0.4, -0.2) is 50.6 Å². The van der Waals surface area contributed by atoms with Crippen molar-refractivity contribution >= 4 is 19.5 Å². The highest BCUT2D eigenvalue weighted by Crippen LogP contribution is 2.54. The Morgan fingerprint density at radius 2 is 1.94 bits per heavy atom. The van der Waals surface area contributed by atoms with Gasteiger partial charge < -0.3 is 28.4 Å². The quantitative estimate of drug-likeness (QED) is 0.320. The number of rotatable bonds is 10. The third kappa shape index (κ3) is 4.95. The Morgan fingerprint density at radius 3 is 2.48 bits per heavy atom. The Labute approximate surface area is 181 Å². The molecule has 1 aromatic rings. The van der Waals surface area contributed by atoms with E-state index in [0.29, 0.717) is 22.4 Å². The van der Waals surface area contributed by atoms with Crippen molar-refractivity contribution in [2.75, 3.05) is 27.9 Å². The van der Waals surface area contributed by atoms with E-state index in [2.05, 4.69) is 0 Å². The van der Waals surface area contributed by atoms with Crippen molar-refractivity contribution < 1.29 is 42.5 Å². The van der Waals surface area contributed by atoms with Gasteiger partial charge in [0.15, 0.2) is 5.66 Å². The minimum absolute atomic E-state index is 0.0623. The van der Waals surface area contributed by atoms with Crippen LogP contribution in [0.2, 0.25) is 0 Å². The number of carbonyl (C=O) groups is 2. The number of allylic oxidation sites excluding steroid dienone is 2. The lowest BCUT2D eigenvalue weighted by molar-refractivity contribution is -0.143. The van der Waals surface area contributed by atoms with Gasteiger partial charge in [0.1, 0.15) is 23.7 Å². The largest absolute Gasteiger partial charge is 0.507 e. The fourth-order valence-electron chi connectivity index (χ4n) is 3.58. The molecule has 10 heteroatoms. The van der Waals surface area contributed by atoms with E-state index in [1.54, 1.807) is 26.8 Å². The average Bonchev–Trinajstić information content (AvgIpc) is 3.15. The first kappa shape index (κ1) is 24.9. The summed E-state index contributed by atoms with van der Waals surface area (Å²) >= 11 is 0. The highest BCUT2D eigenvalue weighted by molar-refractivity contribution is 7.55. The highest BCUT2D eigenvalue weighted by atomic mass is 31.2. The van der Waals surface area contributed by atoms with Crippen molar-refractivity contribution in [3.63, 3.8) is 0 Å². The maximum absolute atomic E-state index is 12.9. The summed E-state index contributed by atoms with van der Waals surface area (Å²) < 4.78 is 38.4. The average molecular weight is 456 g/mol. The fourth-order valence-corrected chi connectivity index (χ4v) is 5.09. The number of phenolic OH excluding ortho intramolecular Hbond substituents is 1. The predicted molar refractivity (Wildman–Crippen MR) is 113 cm³/mol. The van der Waals surface area contributed by atoms with Gasteiger partial charge in [0.2, 0.25) is 0 Å². The normalized spacial score (nSPS) is 14.8. The number of benzene rings is 1. The summed E-state index contributed by atoms with van der Waals surface area (Å²) in [5.41, 5.74) is 1.45. The molecule has 0 aromatic heterocycles. The van der Waals surface area contributed by atoms with Gasteiger partial charge in [0.05, 0.1) is 13.7 Å². The molecule has 1 N–H and O–H groups in total. The van der Waals surface area contributed by atoms with Gasteiger partial charge in [-0.1, -0.05) is 11.6 Å². The summed E-state index contributed by atoms with van der Waals surface area (Å²) in [5, 5.41) is 10.7. The maximum Gasteiger partial charge on any atom is 0.344 e. The molecule has 172 valence electrons. The van der Waals surface area contributed by atoms with Gasteiger partial charge in [-0.3, -0.25) is 9.36 Å². The predicted octanol–water partition coefficient (Wildman–Crippen LogP) is 3.68. The Kier molecular flexibility index (Phi) is 8.28. The smallest absolute Gasteiger partial charge is 0.344 e. The van der Waals surface area contributed by atoms with Gasteiger partial charge >= 0.3 is 19.5 Å². The molecule has 1 atom stereocenters. The molecule has 1 unspecified atom stereocenters. The van der Waals surface area contributed by atoms with Gasteiger partial charge in [-0.05, 0) is 39.2 Å². The van der Waals surface area contributed by atoms with E-state index >= 15 is 0 Å². The van der Waals surface area contributed by atoms with Crippen LogP contribution in [0.25, 0.3) is 0 Å². The molecule has 0 aliphatic carbocycles. The van der Waals surface area contributed by atoms with Crippen LogP contribution in [0.4, 0.5) is 0 Å². The van der Waals surface area contributed by atoms with E-state index in [0.717, 1.165) is 5.56 Å². The Balaban J connectivity index is 2.37. The second-order valence-corrected chi connectivity index (χ2v) is 9.48. The lowest BCUT2D eigenvalue weighted by atomic mass is 9.94. The van der Waals surface area contributed by atoms with Gasteiger partial charge in [0, 0.05) is 25.3 Å². The fraction of sp³-hybridized carbons (Fsp3) is 0.524. The molecule has 0 bridgehead atoms. The monoisotopic (exact) mass is 456 g/mol. The van der Waals surface area contributed by atoms with Crippen LogP contribution in [0.1, 0.15) is 47.3 Å². The second-order valence-electron chi connectivity index (χ2n) is 7.05. The Morgan fingerprint density at radius 1 is 1.29 bits per heavy atom. The number of cyclic esters (lactones) is 1. The molecule has 9 nitrogen and oxygen atoms in total. The lowest BCUT2D eigenvalue weighted by Gasteiger charge is -2.23. The summed E-state index contributed by atoms with van der Waals surface area (Å²) in [4.78, 5) is 24.4. The van der Waals surface area contributed by atoms with Crippen molar-refractivity contribution in [1.82, 2.24) is 0 Å². The summed E-state index contributed by atoms with van der Waals surface area (Å²) in [6.45, 7) is 5.41. The molecule has 1 heterocycles.